The lowest BCUT2D eigenvalue weighted by Gasteiger charge is -2.22. The molecule has 19 heavy (non-hydrogen) atoms. The van der Waals surface area contributed by atoms with Crippen molar-refractivity contribution in [2.24, 2.45) is 0 Å². The highest BCUT2D eigenvalue weighted by Gasteiger charge is 2.19. The van der Waals surface area contributed by atoms with Gasteiger partial charge in [0.2, 0.25) is 0 Å². The monoisotopic (exact) mass is 258 g/mol. The molecule has 3 rings (SSSR count). The lowest BCUT2D eigenvalue weighted by atomic mass is 9.92. The number of anilines is 1. The van der Waals surface area contributed by atoms with Crippen LogP contribution < -0.4 is 5.32 Å². The summed E-state index contributed by atoms with van der Waals surface area (Å²) in [5.74, 6) is -0.179. The van der Waals surface area contributed by atoms with Gasteiger partial charge in [-0.3, -0.25) is 4.98 Å². The number of nitrogens with zero attached hydrogens (tertiary/aromatic N) is 1. The van der Waals surface area contributed by atoms with E-state index in [0.29, 0.717) is 0 Å². The summed E-state index contributed by atoms with van der Waals surface area (Å²) in [7, 11) is 0. The molecule has 1 aliphatic carbocycles. The van der Waals surface area contributed by atoms with Crippen LogP contribution >= 0.6 is 0 Å². The van der Waals surface area contributed by atoms with Crippen molar-refractivity contribution in [3.8, 4) is 0 Å². The zero-order chi connectivity index (χ0) is 13.4. The first-order valence-corrected chi connectivity index (χ1v) is 7.06. The molecule has 1 aliphatic rings. The maximum Gasteiger partial charge on any atom is 0.124 e. The second kappa shape index (κ2) is 4.80. The van der Waals surface area contributed by atoms with Gasteiger partial charge in [-0.25, -0.2) is 4.39 Å². The van der Waals surface area contributed by atoms with Crippen molar-refractivity contribution in [2.75, 3.05) is 11.9 Å². The third-order valence-electron chi connectivity index (χ3n) is 3.88. The molecule has 2 nitrogen and oxygen atoms in total. The predicted molar refractivity (Wildman–Crippen MR) is 77.2 cm³/mol. The predicted octanol–water partition coefficient (Wildman–Crippen LogP) is 3.99. The minimum absolute atomic E-state index is 0.179. The summed E-state index contributed by atoms with van der Waals surface area (Å²) < 4.78 is 13.7. The molecule has 1 aromatic heterocycles. The van der Waals surface area contributed by atoms with Gasteiger partial charge in [0.25, 0.3) is 0 Å². The van der Waals surface area contributed by atoms with Gasteiger partial charge in [0.1, 0.15) is 5.82 Å². The summed E-state index contributed by atoms with van der Waals surface area (Å²) >= 11 is 0. The third kappa shape index (κ3) is 2.07. The molecule has 0 unspecified atom stereocenters. The van der Waals surface area contributed by atoms with Crippen LogP contribution in [0.5, 0.6) is 0 Å². The molecule has 0 saturated carbocycles. The molecule has 100 valence electrons. The summed E-state index contributed by atoms with van der Waals surface area (Å²) in [6.07, 6.45) is 4.50. The Kier molecular flexibility index (Phi) is 3.13. The second-order valence-electron chi connectivity index (χ2n) is 5.27. The molecule has 0 radical (unpaired) electrons. The first kappa shape index (κ1) is 12.4. The van der Waals surface area contributed by atoms with Gasteiger partial charge in [-0.2, -0.15) is 0 Å². The fraction of sp³-hybridized carbons (Fsp3) is 0.438. The molecule has 1 N–H and O–H groups in total. The average Bonchev–Trinajstić information content (AvgIpc) is 2.40. The zero-order valence-corrected chi connectivity index (χ0v) is 11.5. The van der Waals surface area contributed by atoms with Crippen LogP contribution in [0.2, 0.25) is 0 Å². The van der Waals surface area contributed by atoms with Gasteiger partial charge < -0.3 is 5.32 Å². The number of halogens is 1. The number of rotatable bonds is 2. The molecular formula is C16H19FN2. The molecule has 1 heterocycles. The SMILES string of the molecule is CCNc1c2c(nc3c(C)cc(F)cc13)CCCC2. The molecule has 0 aliphatic heterocycles. The lowest BCUT2D eigenvalue weighted by Crippen LogP contribution is -2.11. The van der Waals surface area contributed by atoms with Crippen LogP contribution in [0.1, 0.15) is 36.6 Å². The van der Waals surface area contributed by atoms with Crippen molar-refractivity contribution < 1.29 is 4.39 Å². The molecule has 0 saturated heterocycles. The minimum atomic E-state index is -0.179. The van der Waals surface area contributed by atoms with Crippen LogP contribution in [0, 0.1) is 12.7 Å². The maximum absolute atomic E-state index is 13.7. The summed E-state index contributed by atoms with van der Waals surface area (Å²) in [5.41, 5.74) is 5.46. The largest absolute Gasteiger partial charge is 0.384 e. The topological polar surface area (TPSA) is 24.9 Å². The summed E-state index contributed by atoms with van der Waals surface area (Å²) in [5, 5.41) is 4.36. The van der Waals surface area contributed by atoms with E-state index in [-0.39, 0.29) is 5.82 Å². The summed E-state index contributed by atoms with van der Waals surface area (Å²) in [6, 6.07) is 3.18. The van der Waals surface area contributed by atoms with Crippen molar-refractivity contribution in [1.82, 2.24) is 4.98 Å². The highest BCUT2D eigenvalue weighted by Crippen LogP contribution is 2.34. The highest BCUT2D eigenvalue weighted by atomic mass is 19.1. The van der Waals surface area contributed by atoms with E-state index in [1.807, 2.05) is 6.92 Å². The number of aromatic nitrogens is 1. The fourth-order valence-corrected chi connectivity index (χ4v) is 3.03. The van der Waals surface area contributed by atoms with E-state index in [0.717, 1.165) is 41.5 Å². The van der Waals surface area contributed by atoms with E-state index < -0.39 is 0 Å². The van der Waals surface area contributed by atoms with E-state index in [9.17, 15) is 4.39 Å². The van der Waals surface area contributed by atoms with E-state index >= 15 is 0 Å². The number of aryl methyl sites for hydroxylation is 2. The van der Waals surface area contributed by atoms with Crippen LogP contribution in [-0.4, -0.2) is 11.5 Å². The molecular weight excluding hydrogens is 239 g/mol. The van der Waals surface area contributed by atoms with Crippen LogP contribution in [-0.2, 0) is 12.8 Å². The van der Waals surface area contributed by atoms with Crippen LogP contribution in [0.25, 0.3) is 10.9 Å². The quantitative estimate of drug-likeness (QED) is 0.881. The Morgan fingerprint density at radius 2 is 2.05 bits per heavy atom. The van der Waals surface area contributed by atoms with E-state index in [1.165, 1.54) is 24.1 Å². The fourth-order valence-electron chi connectivity index (χ4n) is 3.03. The third-order valence-corrected chi connectivity index (χ3v) is 3.88. The van der Waals surface area contributed by atoms with Crippen LogP contribution in [0.15, 0.2) is 12.1 Å². The van der Waals surface area contributed by atoms with Gasteiger partial charge in [0.05, 0.1) is 5.52 Å². The Morgan fingerprint density at radius 3 is 2.84 bits per heavy atom. The summed E-state index contributed by atoms with van der Waals surface area (Å²) in [6.45, 7) is 4.86. The van der Waals surface area contributed by atoms with Gasteiger partial charge in [-0.15, -0.1) is 0 Å². The van der Waals surface area contributed by atoms with Crippen molar-refractivity contribution in [3.05, 3.63) is 34.8 Å². The zero-order valence-electron chi connectivity index (χ0n) is 11.5. The van der Waals surface area contributed by atoms with Gasteiger partial charge in [-0.1, -0.05) is 0 Å². The first-order valence-electron chi connectivity index (χ1n) is 7.06. The number of nitrogens with one attached hydrogen (secondary N) is 1. The average molecular weight is 258 g/mol. The molecule has 0 fully saturated rings. The molecule has 3 heteroatoms. The number of pyridine rings is 1. The molecule has 0 atom stereocenters. The Morgan fingerprint density at radius 1 is 1.26 bits per heavy atom. The van der Waals surface area contributed by atoms with Crippen LogP contribution in [0.3, 0.4) is 0 Å². The Labute approximate surface area is 113 Å². The molecule has 2 aromatic rings. The molecule has 0 spiro atoms. The van der Waals surface area contributed by atoms with E-state index in [1.54, 1.807) is 12.1 Å². The van der Waals surface area contributed by atoms with E-state index in [2.05, 4.69) is 12.2 Å². The second-order valence-corrected chi connectivity index (χ2v) is 5.27. The molecule has 1 aromatic carbocycles. The minimum Gasteiger partial charge on any atom is -0.384 e. The van der Waals surface area contributed by atoms with Crippen molar-refractivity contribution in [2.45, 2.75) is 39.5 Å². The number of benzene rings is 1. The first-order chi connectivity index (χ1) is 9.20. The smallest absolute Gasteiger partial charge is 0.124 e. The van der Waals surface area contributed by atoms with Crippen molar-refractivity contribution in [1.29, 1.82) is 0 Å². The number of hydrogen-bond acceptors (Lipinski definition) is 2. The van der Waals surface area contributed by atoms with Crippen molar-refractivity contribution in [3.63, 3.8) is 0 Å². The summed E-state index contributed by atoms with van der Waals surface area (Å²) in [4.78, 5) is 4.79. The lowest BCUT2D eigenvalue weighted by molar-refractivity contribution is 0.628. The maximum atomic E-state index is 13.7. The number of hydrogen-bond donors (Lipinski definition) is 1. The Balaban J connectivity index is 2.35. The van der Waals surface area contributed by atoms with Gasteiger partial charge in [0, 0.05) is 23.3 Å². The normalized spacial score (nSPS) is 14.5. The molecule has 0 bridgehead atoms. The standard InChI is InChI=1S/C16H19FN2/c1-3-18-16-12-6-4-5-7-14(12)19-15-10(2)8-11(17)9-13(15)16/h8-9H,3-7H2,1-2H3,(H,18,19). The highest BCUT2D eigenvalue weighted by molar-refractivity contribution is 5.95. The van der Waals surface area contributed by atoms with E-state index in [4.69, 9.17) is 4.98 Å². The van der Waals surface area contributed by atoms with Gasteiger partial charge >= 0.3 is 0 Å². The number of fused-ring (bicyclic) bond motifs is 2. The van der Waals surface area contributed by atoms with Crippen molar-refractivity contribution >= 4 is 16.6 Å². The Bertz CT molecular complexity index is 634. The van der Waals surface area contributed by atoms with Crippen LogP contribution in [0.4, 0.5) is 10.1 Å². The Hall–Kier alpha value is -1.64. The molecule has 0 amide bonds. The van der Waals surface area contributed by atoms with Gasteiger partial charge in [0.15, 0.2) is 0 Å². The van der Waals surface area contributed by atoms with Gasteiger partial charge in [-0.05, 0) is 62.8 Å².